The molecule has 1 unspecified atom stereocenters. The average Bonchev–Trinajstić information content (AvgIpc) is 3.60. The van der Waals surface area contributed by atoms with Crippen molar-refractivity contribution in [1.29, 1.82) is 0 Å². The molecule has 4 heterocycles. The molecule has 6 nitrogen and oxygen atoms in total. The van der Waals surface area contributed by atoms with Crippen molar-refractivity contribution in [2.45, 2.75) is 95.1 Å². The molecule has 7 aliphatic rings. The van der Waals surface area contributed by atoms with Crippen LogP contribution in [0, 0.1) is 23.2 Å². The molecule has 4 bridgehead atoms. The molecular formula is C27H36BNO5. The maximum atomic E-state index is 13.5. The van der Waals surface area contributed by atoms with Crippen molar-refractivity contribution in [2.75, 3.05) is 6.61 Å². The first kappa shape index (κ1) is 21.7. The van der Waals surface area contributed by atoms with Crippen molar-refractivity contribution in [2.24, 2.45) is 23.2 Å². The maximum absolute atomic E-state index is 13.5. The molecule has 0 radical (unpaired) electrons. The Balaban J connectivity index is 1.13. The van der Waals surface area contributed by atoms with Gasteiger partial charge in [0.05, 0.1) is 42.4 Å². The van der Waals surface area contributed by atoms with Gasteiger partial charge in [-0.25, -0.2) is 0 Å². The zero-order valence-corrected chi connectivity index (χ0v) is 20.5. The number of hydrogen-bond donors (Lipinski definition) is 1. The fourth-order valence-corrected chi connectivity index (χ4v) is 8.24. The van der Waals surface area contributed by atoms with Gasteiger partial charge in [-0.2, -0.15) is 0 Å². The van der Waals surface area contributed by atoms with E-state index in [-0.39, 0.29) is 47.6 Å². The summed E-state index contributed by atoms with van der Waals surface area (Å²) >= 11 is 0. The molecule has 0 spiro atoms. The number of carbonyl (C=O) groups excluding carboxylic acids is 1. The first-order chi connectivity index (χ1) is 16.3. The van der Waals surface area contributed by atoms with Gasteiger partial charge in [0.25, 0.3) is 0 Å². The summed E-state index contributed by atoms with van der Waals surface area (Å²) in [5, 5.41) is 3.40. The molecular weight excluding hydrogens is 429 g/mol. The van der Waals surface area contributed by atoms with E-state index in [2.05, 4.69) is 38.2 Å². The number of ether oxygens (including phenoxy) is 2. The summed E-state index contributed by atoms with van der Waals surface area (Å²) in [6.07, 6.45) is 6.36. The summed E-state index contributed by atoms with van der Waals surface area (Å²) in [5.74, 6) is 2.20. The lowest BCUT2D eigenvalue weighted by Gasteiger charge is -2.64. The molecule has 7 heteroatoms. The van der Waals surface area contributed by atoms with Crippen LogP contribution >= 0.6 is 0 Å². The van der Waals surface area contributed by atoms with Crippen molar-refractivity contribution < 1.29 is 23.6 Å². The van der Waals surface area contributed by atoms with Crippen LogP contribution in [0.25, 0.3) is 0 Å². The average molecular weight is 465 g/mol. The summed E-state index contributed by atoms with van der Waals surface area (Å²) in [6, 6.07) is 8.25. The van der Waals surface area contributed by atoms with E-state index in [1.807, 2.05) is 12.1 Å². The minimum Gasteiger partial charge on any atom is -0.493 e. The van der Waals surface area contributed by atoms with E-state index in [1.54, 1.807) is 0 Å². The highest BCUT2D eigenvalue weighted by atomic mass is 16.7. The number of amides is 1. The van der Waals surface area contributed by atoms with Gasteiger partial charge in [-0.1, -0.05) is 32.0 Å². The van der Waals surface area contributed by atoms with E-state index in [0.29, 0.717) is 23.9 Å². The second kappa shape index (κ2) is 7.47. The predicted molar refractivity (Wildman–Crippen MR) is 127 cm³/mol. The standard InChI is InChI=1S/C27H36BNO5/c1-26(2)16-11-22(26)27(3)23(12-16)33-28(34-27)24(10-15-14-31-20-7-5-4-6-18(15)20)29-25(30)19-13-17-8-9-21(19)32-17/h4-7,15-17,19,21-24H,8-14H2,1-3H3,(H,29,30)/t15?,16-,17+,19+,21-,22-,23+,24-,27-/m0/s1. The molecule has 1 N–H and O–H groups in total. The van der Waals surface area contributed by atoms with Gasteiger partial charge in [0, 0.05) is 11.5 Å². The van der Waals surface area contributed by atoms with E-state index in [9.17, 15) is 4.79 Å². The maximum Gasteiger partial charge on any atom is 0.481 e. The van der Waals surface area contributed by atoms with Crippen molar-refractivity contribution in [3.63, 3.8) is 0 Å². The van der Waals surface area contributed by atoms with Gasteiger partial charge in [0.2, 0.25) is 5.91 Å². The zero-order valence-electron chi connectivity index (χ0n) is 20.5. The van der Waals surface area contributed by atoms with Crippen molar-refractivity contribution in [1.82, 2.24) is 5.32 Å². The largest absolute Gasteiger partial charge is 0.493 e. The second-order valence-corrected chi connectivity index (χ2v) is 12.4. The third-order valence-electron chi connectivity index (χ3n) is 10.4. The number of benzene rings is 1. The van der Waals surface area contributed by atoms with Gasteiger partial charge >= 0.3 is 7.12 Å². The lowest BCUT2D eigenvalue weighted by molar-refractivity contribution is -0.199. The summed E-state index contributed by atoms with van der Waals surface area (Å²) in [5.41, 5.74) is 1.22. The third kappa shape index (κ3) is 3.09. The van der Waals surface area contributed by atoms with E-state index in [0.717, 1.165) is 37.9 Å². The minimum absolute atomic E-state index is 0.0561. The Morgan fingerprint density at radius 2 is 2.03 bits per heavy atom. The second-order valence-electron chi connectivity index (χ2n) is 12.4. The fraction of sp³-hybridized carbons (Fsp3) is 0.741. The van der Waals surface area contributed by atoms with Gasteiger partial charge in [-0.05, 0) is 68.8 Å². The highest BCUT2D eigenvalue weighted by Crippen LogP contribution is 2.65. The van der Waals surface area contributed by atoms with Crippen molar-refractivity contribution in [3.8, 4) is 5.75 Å². The molecule has 182 valence electrons. The van der Waals surface area contributed by atoms with Crippen LogP contribution in [0.2, 0.25) is 0 Å². The van der Waals surface area contributed by atoms with Gasteiger partial charge in [-0.15, -0.1) is 0 Å². The molecule has 4 aliphatic heterocycles. The van der Waals surface area contributed by atoms with Gasteiger partial charge in [0.15, 0.2) is 0 Å². The molecule has 34 heavy (non-hydrogen) atoms. The van der Waals surface area contributed by atoms with Crippen LogP contribution < -0.4 is 10.1 Å². The molecule has 9 atom stereocenters. The van der Waals surface area contributed by atoms with Gasteiger partial charge in [0.1, 0.15) is 5.75 Å². The summed E-state index contributed by atoms with van der Waals surface area (Å²) in [7, 11) is -0.429. The number of fused-ring (bicyclic) bond motifs is 3. The molecule has 0 aromatic heterocycles. The summed E-state index contributed by atoms with van der Waals surface area (Å²) < 4.78 is 25.4. The third-order valence-corrected chi connectivity index (χ3v) is 10.4. The Morgan fingerprint density at radius 1 is 1.18 bits per heavy atom. The molecule has 8 rings (SSSR count). The SMILES string of the molecule is CC1(C)[C@@H]2C[C@H]3OB([C@H](CC4COc5ccccc54)NC(=O)[C@@H]4C[C@H]5CC[C@@H]4O5)O[C@@]3(C)[C@H]1C2. The predicted octanol–water partition coefficient (Wildman–Crippen LogP) is 3.87. The molecule has 3 saturated heterocycles. The lowest BCUT2D eigenvalue weighted by Crippen LogP contribution is -2.65. The number of nitrogens with one attached hydrogen (secondary N) is 1. The summed E-state index contributed by atoms with van der Waals surface area (Å²) in [6.45, 7) is 7.64. The number of hydrogen-bond acceptors (Lipinski definition) is 5. The molecule has 6 fully saturated rings. The van der Waals surface area contributed by atoms with Crippen LogP contribution in [0.1, 0.15) is 70.8 Å². The first-order valence-electron chi connectivity index (χ1n) is 13.3. The fourth-order valence-electron chi connectivity index (χ4n) is 8.24. The highest BCUT2D eigenvalue weighted by molar-refractivity contribution is 6.48. The Morgan fingerprint density at radius 3 is 2.79 bits per heavy atom. The number of para-hydroxylation sites is 1. The van der Waals surface area contributed by atoms with Crippen LogP contribution in [-0.4, -0.2) is 49.5 Å². The van der Waals surface area contributed by atoms with Crippen LogP contribution in [0.5, 0.6) is 5.75 Å². The van der Waals surface area contributed by atoms with Crippen LogP contribution in [0.3, 0.4) is 0 Å². The topological polar surface area (TPSA) is 66.0 Å². The molecule has 3 aliphatic carbocycles. The van der Waals surface area contributed by atoms with Crippen molar-refractivity contribution in [3.05, 3.63) is 29.8 Å². The molecule has 1 aromatic carbocycles. The summed E-state index contributed by atoms with van der Waals surface area (Å²) in [4.78, 5) is 13.5. The number of rotatable bonds is 5. The Kier molecular flexibility index (Phi) is 4.77. The van der Waals surface area contributed by atoms with Gasteiger partial charge < -0.3 is 24.1 Å². The number of carbonyl (C=O) groups is 1. The van der Waals surface area contributed by atoms with E-state index >= 15 is 0 Å². The van der Waals surface area contributed by atoms with Crippen LogP contribution in [0.15, 0.2) is 24.3 Å². The van der Waals surface area contributed by atoms with Crippen LogP contribution in [-0.2, 0) is 18.8 Å². The zero-order chi connectivity index (χ0) is 23.2. The van der Waals surface area contributed by atoms with E-state index in [1.165, 1.54) is 12.0 Å². The minimum atomic E-state index is -0.429. The monoisotopic (exact) mass is 465 g/mol. The normalized spacial score (nSPS) is 43.6. The quantitative estimate of drug-likeness (QED) is 0.669. The highest BCUT2D eigenvalue weighted by Gasteiger charge is 2.68. The lowest BCUT2D eigenvalue weighted by atomic mass is 9.43. The van der Waals surface area contributed by atoms with Crippen LogP contribution in [0.4, 0.5) is 0 Å². The molecule has 1 aromatic rings. The Hall–Kier alpha value is -1.57. The van der Waals surface area contributed by atoms with E-state index < -0.39 is 7.12 Å². The Bertz CT molecular complexity index is 1000. The molecule has 1 amide bonds. The van der Waals surface area contributed by atoms with Gasteiger partial charge in [-0.3, -0.25) is 4.79 Å². The van der Waals surface area contributed by atoms with E-state index in [4.69, 9.17) is 18.8 Å². The molecule has 3 saturated carbocycles. The Labute approximate surface area is 202 Å². The smallest absolute Gasteiger partial charge is 0.481 e. The van der Waals surface area contributed by atoms with Crippen molar-refractivity contribution >= 4 is 13.0 Å². The first-order valence-corrected chi connectivity index (χ1v) is 13.3.